The molecule has 1 N–H and O–H groups in total. The fourth-order valence-corrected chi connectivity index (χ4v) is 2.97. The van der Waals surface area contributed by atoms with Crippen LogP contribution < -0.4 is 0 Å². The van der Waals surface area contributed by atoms with E-state index >= 15 is 0 Å². The van der Waals surface area contributed by atoms with Crippen molar-refractivity contribution >= 4 is 10.9 Å². The van der Waals surface area contributed by atoms with Crippen molar-refractivity contribution < 1.29 is 5.11 Å². The molecular formula is C19H17N3O. The van der Waals surface area contributed by atoms with Crippen LogP contribution in [0.2, 0.25) is 0 Å². The lowest BCUT2D eigenvalue weighted by Crippen LogP contribution is -1.99. The average molecular weight is 303 g/mol. The van der Waals surface area contributed by atoms with Crippen molar-refractivity contribution in [3.63, 3.8) is 0 Å². The van der Waals surface area contributed by atoms with Crippen LogP contribution in [0.3, 0.4) is 0 Å². The van der Waals surface area contributed by atoms with Gasteiger partial charge in [0.1, 0.15) is 5.69 Å². The molecule has 2 aromatic carbocycles. The highest BCUT2D eigenvalue weighted by atomic mass is 16.3. The summed E-state index contributed by atoms with van der Waals surface area (Å²) in [5.74, 6) is 0. The molecule has 4 heteroatoms. The van der Waals surface area contributed by atoms with Crippen LogP contribution in [-0.2, 0) is 13.7 Å². The number of fused-ring (bicyclic) bond motifs is 1. The van der Waals surface area contributed by atoms with E-state index < -0.39 is 0 Å². The quantitative estimate of drug-likeness (QED) is 0.629. The Labute approximate surface area is 134 Å². The summed E-state index contributed by atoms with van der Waals surface area (Å²) in [7, 11) is 1.96. The zero-order valence-electron chi connectivity index (χ0n) is 12.8. The van der Waals surface area contributed by atoms with Crippen LogP contribution in [0.15, 0.2) is 66.7 Å². The van der Waals surface area contributed by atoms with Crippen molar-refractivity contribution in [3.8, 4) is 17.1 Å². The Balaban J connectivity index is 2.00. The highest BCUT2D eigenvalue weighted by molar-refractivity contribution is 5.93. The summed E-state index contributed by atoms with van der Waals surface area (Å²) in [6.07, 6.45) is 0. The molecule has 114 valence electrons. The summed E-state index contributed by atoms with van der Waals surface area (Å²) in [4.78, 5) is 0. The molecule has 0 saturated carbocycles. The maximum Gasteiger partial charge on any atom is 0.117 e. The molecule has 0 spiro atoms. The zero-order valence-corrected chi connectivity index (χ0v) is 12.8. The minimum Gasteiger partial charge on any atom is -0.390 e. The molecule has 0 saturated heterocycles. The molecule has 2 aromatic heterocycles. The first kappa shape index (κ1) is 13.8. The Hall–Kier alpha value is -2.85. The summed E-state index contributed by atoms with van der Waals surface area (Å²) in [6, 6.07) is 22.3. The van der Waals surface area contributed by atoms with Gasteiger partial charge in [0.05, 0.1) is 23.5 Å². The van der Waals surface area contributed by atoms with Crippen molar-refractivity contribution in [2.75, 3.05) is 0 Å². The van der Waals surface area contributed by atoms with Crippen LogP contribution in [0, 0.1) is 0 Å². The van der Waals surface area contributed by atoms with Gasteiger partial charge in [-0.2, -0.15) is 5.10 Å². The van der Waals surface area contributed by atoms with Crippen molar-refractivity contribution in [2.24, 2.45) is 7.05 Å². The molecule has 0 fully saturated rings. The van der Waals surface area contributed by atoms with Crippen LogP contribution in [0.1, 0.15) is 5.69 Å². The first-order chi connectivity index (χ1) is 11.3. The molecule has 0 amide bonds. The largest absolute Gasteiger partial charge is 0.390 e. The van der Waals surface area contributed by atoms with Gasteiger partial charge >= 0.3 is 0 Å². The smallest absolute Gasteiger partial charge is 0.117 e. The van der Waals surface area contributed by atoms with Gasteiger partial charge < -0.3 is 9.67 Å². The van der Waals surface area contributed by atoms with Crippen LogP contribution in [-0.4, -0.2) is 19.5 Å². The second-order valence-electron chi connectivity index (χ2n) is 5.54. The summed E-state index contributed by atoms with van der Waals surface area (Å²) in [5, 5.41) is 15.4. The lowest BCUT2D eigenvalue weighted by Gasteiger charge is -2.04. The van der Waals surface area contributed by atoms with Crippen LogP contribution >= 0.6 is 0 Å². The molecule has 4 rings (SSSR count). The van der Waals surface area contributed by atoms with Gasteiger partial charge in [-0.15, -0.1) is 0 Å². The highest BCUT2D eigenvalue weighted by Gasteiger charge is 2.16. The minimum atomic E-state index is 0.0217. The Kier molecular flexibility index (Phi) is 3.24. The molecule has 2 heterocycles. The van der Waals surface area contributed by atoms with E-state index in [0.717, 1.165) is 33.7 Å². The standard InChI is InChI=1S/C19H17N3O/c1-21-15(13-23)11-12-18(21)19-16-9-5-6-10-17(16)22(20-19)14-7-3-2-4-8-14/h2-12,23H,13H2,1H3. The predicted molar refractivity (Wildman–Crippen MR) is 91.4 cm³/mol. The van der Waals surface area contributed by atoms with Crippen molar-refractivity contribution in [1.82, 2.24) is 14.3 Å². The number of benzene rings is 2. The molecule has 0 aliphatic carbocycles. The van der Waals surface area contributed by atoms with E-state index in [0.29, 0.717) is 0 Å². The fourth-order valence-electron chi connectivity index (χ4n) is 2.97. The van der Waals surface area contributed by atoms with Gasteiger partial charge in [-0.25, -0.2) is 4.68 Å². The number of para-hydroxylation sites is 2. The summed E-state index contributed by atoms with van der Waals surface area (Å²) in [5.41, 5.74) is 4.90. The number of hydrogen-bond acceptors (Lipinski definition) is 2. The maximum atomic E-state index is 9.43. The number of aromatic nitrogens is 3. The Morgan fingerprint density at radius 3 is 2.39 bits per heavy atom. The van der Waals surface area contributed by atoms with Gasteiger partial charge in [0.2, 0.25) is 0 Å². The second-order valence-corrected chi connectivity index (χ2v) is 5.54. The molecular weight excluding hydrogens is 286 g/mol. The molecule has 4 aromatic rings. The van der Waals surface area contributed by atoms with E-state index in [9.17, 15) is 5.11 Å². The topological polar surface area (TPSA) is 43.0 Å². The first-order valence-corrected chi connectivity index (χ1v) is 7.58. The zero-order chi connectivity index (χ0) is 15.8. The third-order valence-electron chi connectivity index (χ3n) is 4.22. The van der Waals surface area contributed by atoms with E-state index in [4.69, 9.17) is 5.10 Å². The molecule has 0 aliphatic heterocycles. The summed E-state index contributed by atoms with van der Waals surface area (Å²) >= 11 is 0. The second kappa shape index (κ2) is 5.41. The monoisotopic (exact) mass is 303 g/mol. The van der Waals surface area contributed by atoms with E-state index in [-0.39, 0.29) is 6.61 Å². The lowest BCUT2D eigenvalue weighted by molar-refractivity contribution is 0.273. The summed E-state index contributed by atoms with van der Waals surface area (Å²) < 4.78 is 3.96. The van der Waals surface area contributed by atoms with Crippen molar-refractivity contribution in [3.05, 3.63) is 72.4 Å². The minimum absolute atomic E-state index is 0.0217. The maximum absolute atomic E-state index is 9.43. The molecule has 0 radical (unpaired) electrons. The van der Waals surface area contributed by atoms with E-state index in [1.165, 1.54) is 0 Å². The Bertz CT molecular complexity index is 967. The number of rotatable bonds is 3. The van der Waals surface area contributed by atoms with Crippen LogP contribution in [0.25, 0.3) is 28.0 Å². The molecule has 0 unspecified atom stereocenters. The van der Waals surface area contributed by atoms with Crippen LogP contribution in [0.4, 0.5) is 0 Å². The van der Waals surface area contributed by atoms with Gasteiger partial charge in [0, 0.05) is 18.1 Å². The Morgan fingerprint density at radius 1 is 0.913 bits per heavy atom. The Morgan fingerprint density at radius 2 is 1.65 bits per heavy atom. The average Bonchev–Trinajstić information content (AvgIpc) is 3.16. The normalized spacial score (nSPS) is 11.2. The number of hydrogen-bond donors (Lipinski definition) is 1. The third kappa shape index (κ3) is 2.15. The molecule has 0 atom stereocenters. The predicted octanol–water partition coefficient (Wildman–Crippen LogP) is 3.52. The first-order valence-electron chi connectivity index (χ1n) is 7.58. The highest BCUT2D eigenvalue weighted by Crippen LogP contribution is 2.30. The van der Waals surface area contributed by atoms with Gasteiger partial charge in [-0.05, 0) is 30.3 Å². The fraction of sp³-hybridized carbons (Fsp3) is 0.105. The van der Waals surface area contributed by atoms with Gasteiger partial charge in [-0.1, -0.05) is 36.4 Å². The number of aliphatic hydroxyl groups excluding tert-OH is 1. The lowest BCUT2D eigenvalue weighted by atomic mass is 10.1. The SMILES string of the molecule is Cn1c(CO)ccc1-c1nn(-c2ccccc2)c2ccccc12. The van der Waals surface area contributed by atoms with E-state index in [1.807, 2.05) is 70.9 Å². The molecule has 0 bridgehead atoms. The van der Waals surface area contributed by atoms with E-state index in [1.54, 1.807) is 0 Å². The van der Waals surface area contributed by atoms with Crippen molar-refractivity contribution in [1.29, 1.82) is 0 Å². The number of nitrogens with zero attached hydrogens (tertiary/aromatic N) is 3. The number of aliphatic hydroxyl groups is 1. The van der Waals surface area contributed by atoms with Gasteiger partial charge in [0.15, 0.2) is 0 Å². The molecule has 4 nitrogen and oxygen atoms in total. The van der Waals surface area contributed by atoms with Gasteiger partial charge in [-0.3, -0.25) is 0 Å². The van der Waals surface area contributed by atoms with Crippen LogP contribution in [0.5, 0.6) is 0 Å². The molecule has 23 heavy (non-hydrogen) atoms. The molecule has 0 aliphatic rings. The third-order valence-corrected chi connectivity index (χ3v) is 4.22. The van der Waals surface area contributed by atoms with Gasteiger partial charge in [0.25, 0.3) is 0 Å². The van der Waals surface area contributed by atoms with E-state index in [2.05, 4.69) is 12.1 Å². The summed E-state index contributed by atoms with van der Waals surface area (Å²) in [6.45, 7) is 0.0217. The van der Waals surface area contributed by atoms with Crippen molar-refractivity contribution in [2.45, 2.75) is 6.61 Å².